The number of carbonyl (C=O) groups excluding carboxylic acids is 2. The van der Waals surface area contributed by atoms with E-state index in [9.17, 15) is 9.59 Å². The lowest BCUT2D eigenvalue weighted by molar-refractivity contribution is -0.119. The molecule has 1 aromatic carbocycles. The third-order valence-corrected chi connectivity index (χ3v) is 6.42. The van der Waals surface area contributed by atoms with Crippen LogP contribution in [-0.4, -0.2) is 38.4 Å². The van der Waals surface area contributed by atoms with Crippen molar-refractivity contribution in [1.29, 1.82) is 0 Å². The van der Waals surface area contributed by atoms with Gasteiger partial charge in [0.2, 0.25) is 5.91 Å². The van der Waals surface area contributed by atoms with Gasteiger partial charge in [-0.15, -0.1) is 10.2 Å². The van der Waals surface area contributed by atoms with Crippen molar-refractivity contribution < 1.29 is 9.59 Å². The monoisotopic (exact) mass is 415 g/mol. The number of carbonyl (C=O) groups is 2. The van der Waals surface area contributed by atoms with Crippen molar-refractivity contribution in [2.24, 2.45) is 13.0 Å². The Morgan fingerprint density at radius 3 is 2.79 bits per heavy atom. The summed E-state index contributed by atoms with van der Waals surface area (Å²) < 4.78 is 1.82. The number of benzene rings is 1. The lowest BCUT2D eigenvalue weighted by Gasteiger charge is -2.29. The van der Waals surface area contributed by atoms with Gasteiger partial charge in [0.05, 0.1) is 12.3 Å². The lowest BCUT2D eigenvalue weighted by atomic mass is 9.86. The second-order valence-corrected chi connectivity index (χ2v) is 8.68. The quantitative estimate of drug-likeness (QED) is 0.679. The van der Waals surface area contributed by atoms with Gasteiger partial charge in [0, 0.05) is 18.7 Å². The fourth-order valence-corrected chi connectivity index (χ4v) is 4.32. The van der Waals surface area contributed by atoms with Crippen LogP contribution in [0, 0.1) is 12.8 Å². The zero-order valence-corrected chi connectivity index (χ0v) is 18.1. The van der Waals surface area contributed by atoms with Crippen molar-refractivity contribution in [2.75, 3.05) is 5.75 Å². The molecule has 1 saturated carbocycles. The van der Waals surface area contributed by atoms with Gasteiger partial charge in [-0.3, -0.25) is 9.59 Å². The molecule has 1 aromatic heterocycles. The number of hydrogen-bond acceptors (Lipinski definition) is 5. The average molecular weight is 416 g/mol. The first kappa shape index (κ1) is 21.4. The van der Waals surface area contributed by atoms with Crippen LogP contribution in [0.5, 0.6) is 0 Å². The Labute approximate surface area is 176 Å². The maximum Gasteiger partial charge on any atom is 0.251 e. The smallest absolute Gasteiger partial charge is 0.251 e. The molecule has 29 heavy (non-hydrogen) atoms. The summed E-state index contributed by atoms with van der Waals surface area (Å²) in [7, 11) is 1.84. The van der Waals surface area contributed by atoms with Crippen LogP contribution in [0.25, 0.3) is 0 Å². The van der Waals surface area contributed by atoms with Gasteiger partial charge in [0.1, 0.15) is 0 Å². The standard InChI is InChI=1S/C21H29N5O2S/c1-14-7-6-9-16(11-14)20(28)22-12-18-24-25-21(26(18)3)29-13-19(27)23-17-10-5-4-8-15(17)2/h6-7,9,11,15,17H,4-5,8,10,12-13H2,1-3H3,(H,22,28)(H,23,27)/t15-,17-/m1/s1. The summed E-state index contributed by atoms with van der Waals surface area (Å²) in [6, 6.07) is 7.73. The molecule has 0 bridgehead atoms. The maximum absolute atomic E-state index is 12.3. The zero-order valence-electron chi connectivity index (χ0n) is 17.3. The molecule has 156 valence electrons. The van der Waals surface area contributed by atoms with E-state index in [0.29, 0.717) is 28.2 Å². The molecule has 0 aliphatic heterocycles. The molecule has 2 N–H and O–H groups in total. The molecule has 8 heteroatoms. The fraction of sp³-hybridized carbons (Fsp3) is 0.524. The number of aromatic nitrogens is 3. The number of amides is 2. The minimum Gasteiger partial charge on any atom is -0.352 e. The van der Waals surface area contributed by atoms with Crippen LogP contribution in [0.2, 0.25) is 0 Å². The van der Waals surface area contributed by atoms with Crippen molar-refractivity contribution in [2.45, 2.75) is 57.3 Å². The Morgan fingerprint density at radius 2 is 2.03 bits per heavy atom. The van der Waals surface area contributed by atoms with Crippen LogP contribution >= 0.6 is 11.8 Å². The minimum atomic E-state index is -0.146. The first-order chi connectivity index (χ1) is 13.9. The maximum atomic E-state index is 12.3. The van der Waals surface area contributed by atoms with E-state index in [1.807, 2.05) is 36.7 Å². The predicted octanol–water partition coefficient (Wildman–Crippen LogP) is 2.84. The van der Waals surface area contributed by atoms with E-state index in [0.717, 1.165) is 12.0 Å². The molecule has 1 fully saturated rings. The van der Waals surface area contributed by atoms with Crippen molar-refractivity contribution in [3.63, 3.8) is 0 Å². The van der Waals surface area contributed by atoms with Crippen molar-refractivity contribution >= 4 is 23.6 Å². The summed E-state index contributed by atoms with van der Waals surface area (Å²) in [5.41, 5.74) is 1.66. The normalized spacial score (nSPS) is 19.0. The van der Waals surface area contributed by atoms with Crippen LogP contribution in [0.15, 0.2) is 29.4 Å². The highest BCUT2D eigenvalue weighted by Crippen LogP contribution is 2.24. The van der Waals surface area contributed by atoms with Gasteiger partial charge in [-0.05, 0) is 37.8 Å². The highest BCUT2D eigenvalue weighted by atomic mass is 32.2. The molecule has 1 heterocycles. The molecular weight excluding hydrogens is 386 g/mol. The number of thioether (sulfide) groups is 1. The topological polar surface area (TPSA) is 88.9 Å². The molecule has 2 atom stereocenters. The number of nitrogens with one attached hydrogen (secondary N) is 2. The first-order valence-electron chi connectivity index (χ1n) is 10.1. The average Bonchev–Trinajstić information content (AvgIpc) is 3.06. The van der Waals surface area contributed by atoms with E-state index in [1.54, 1.807) is 6.07 Å². The second-order valence-electron chi connectivity index (χ2n) is 7.73. The van der Waals surface area contributed by atoms with Crippen LogP contribution in [0.3, 0.4) is 0 Å². The molecule has 0 spiro atoms. The summed E-state index contributed by atoms with van der Waals surface area (Å²) in [6.45, 7) is 4.44. The van der Waals surface area contributed by atoms with E-state index >= 15 is 0 Å². The molecule has 0 radical (unpaired) electrons. The SMILES string of the molecule is Cc1cccc(C(=O)NCc2nnc(SCC(=O)N[C@@H]3CCCC[C@H]3C)n2C)c1. The molecule has 0 unspecified atom stereocenters. The largest absolute Gasteiger partial charge is 0.352 e. The van der Waals surface area contributed by atoms with Crippen molar-refractivity contribution in [3.8, 4) is 0 Å². The second kappa shape index (κ2) is 9.91. The van der Waals surface area contributed by atoms with Gasteiger partial charge < -0.3 is 15.2 Å². The van der Waals surface area contributed by atoms with Gasteiger partial charge >= 0.3 is 0 Å². The molecule has 7 nitrogen and oxygen atoms in total. The Bertz CT molecular complexity index is 867. The van der Waals surface area contributed by atoms with Crippen LogP contribution < -0.4 is 10.6 Å². The number of hydrogen-bond donors (Lipinski definition) is 2. The Hall–Kier alpha value is -2.35. The fourth-order valence-electron chi connectivity index (χ4n) is 3.58. The summed E-state index contributed by atoms with van der Waals surface area (Å²) in [5, 5.41) is 15.0. The molecule has 3 rings (SSSR count). The van der Waals surface area contributed by atoms with Crippen LogP contribution in [0.4, 0.5) is 0 Å². The van der Waals surface area contributed by atoms with Gasteiger partial charge in [-0.1, -0.05) is 49.2 Å². The highest BCUT2D eigenvalue weighted by molar-refractivity contribution is 7.99. The van der Waals surface area contributed by atoms with E-state index in [4.69, 9.17) is 0 Å². The number of nitrogens with zero attached hydrogens (tertiary/aromatic N) is 3. The Balaban J connectivity index is 1.48. The molecule has 2 aromatic rings. The summed E-state index contributed by atoms with van der Waals surface area (Å²) >= 11 is 1.36. The van der Waals surface area contributed by atoms with E-state index in [1.165, 1.54) is 31.0 Å². The number of aryl methyl sites for hydroxylation is 1. The molecule has 1 aliphatic carbocycles. The zero-order chi connectivity index (χ0) is 20.8. The van der Waals surface area contributed by atoms with Crippen LogP contribution in [0.1, 0.15) is 54.4 Å². The van der Waals surface area contributed by atoms with E-state index in [2.05, 4.69) is 27.8 Å². The van der Waals surface area contributed by atoms with Gasteiger partial charge in [0.15, 0.2) is 11.0 Å². The lowest BCUT2D eigenvalue weighted by Crippen LogP contribution is -2.41. The highest BCUT2D eigenvalue weighted by Gasteiger charge is 2.23. The Morgan fingerprint density at radius 1 is 1.24 bits per heavy atom. The summed E-state index contributed by atoms with van der Waals surface area (Å²) in [4.78, 5) is 24.6. The van der Waals surface area contributed by atoms with E-state index < -0.39 is 0 Å². The van der Waals surface area contributed by atoms with Crippen LogP contribution in [-0.2, 0) is 18.4 Å². The third kappa shape index (κ3) is 5.82. The van der Waals surface area contributed by atoms with Crippen molar-refractivity contribution in [1.82, 2.24) is 25.4 Å². The van der Waals surface area contributed by atoms with E-state index in [-0.39, 0.29) is 24.4 Å². The molecule has 0 saturated heterocycles. The van der Waals surface area contributed by atoms with Crippen molar-refractivity contribution in [3.05, 3.63) is 41.2 Å². The third-order valence-electron chi connectivity index (χ3n) is 5.40. The number of rotatable bonds is 7. The van der Waals surface area contributed by atoms with Gasteiger partial charge in [-0.2, -0.15) is 0 Å². The summed E-state index contributed by atoms with van der Waals surface area (Å²) in [5.74, 6) is 1.38. The Kier molecular flexibility index (Phi) is 7.30. The molecule has 2 amide bonds. The first-order valence-corrected chi connectivity index (χ1v) is 11.1. The molecule has 1 aliphatic rings. The molecular formula is C21H29N5O2S. The predicted molar refractivity (Wildman–Crippen MR) is 114 cm³/mol. The minimum absolute atomic E-state index is 0.0334. The summed E-state index contributed by atoms with van der Waals surface area (Å²) in [6.07, 6.45) is 4.68. The van der Waals surface area contributed by atoms with Gasteiger partial charge in [-0.25, -0.2) is 0 Å². The van der Waals surface area contributed by atoms with Gasteiger partial charge in [0.25, 0.3) is 5.91 Å².